The average molecular weight is 787 g/mol. The van der Waals surface area contributed by atoms with Gasteiger partial charge < -0.3 is 4.42 Å². The molecule has 10 aromatic carbocycles. The first-order chi connectivity index (χ1) is 30.7. The standard InChI is InChI=1S/C59H34N2O/c1-3-17-47-40(12-1)41-13-2-4-18-48(41)57-56(47)60-34-54(61-57)38-29-31-45-44-30-28-37(32-52(44)59(53(45)33-38)50-21-8-5-14-42(50)43-15-6-9-22-51(43)59)35-24-26-36(27-25-35)39-19-11-20-49-46-16-7-10-23-55(46)62-58(39)49/h1-34H. The number of rotatable bonds is 3. The minimum absolute atomic E-state index is 0.520. The highest BCUT2D eigenvalue weighted by atomic mass is 16.3. The third-order valence-corrected chi connectivity index (χ3v) is 13.7. The van der Waals surface area contributed by atoms with Gasteiger partial charge in [-0.05, 0) is 90.2 Å². The van der Waals surface area contributed by atoms with Crippen LogP contribution < -0.4 is 0 Å². The molecule has 0 amide bonds. The molecule has 3 nitrogen and oxygen atoms in total. The first kappa shape index (κ1) is 33.7. The molecule has 0 saturated heterocycles. The van der Waals surface area contributed by atoms with E-state index in [1.807, 2.05) is 18.3 Å². The van der Waals surface area contributed by atoms with Crippen molar-refractivity contribution >= 4 is 54.5 Å². The molecule has 0 atom stereocenters. The van der Waals surface area contributed by atoms with Crippen molar-refractivity contribution in [2.75, 3.05) is 0 Å². The topological polar surface area (TPSA) is 38.9 Å². The summed E-state index contributed by atoms with van der Waals surface area (Å²) in [5, 5.41) is 6.91. The van der Waals surface area contributed by atoms with Crippen LogP contribution in [0, 0.1) is 0 Å². The monoisotopic (exact) mass is 786 g/mol. The molecule has 2 aliphatic rings. The van der Waals surface area contributed by atoms with Crippen molar-refractivity contribution in [3.8, 4) is 55.8 Å². The number of benzene rings is 10. The Bertz CT molecular complexity index is 3790. The molecule has 0 aliphatic heterocycles. The second-order valence-corrected chi connectivity index (χ2v) is 16.8. The van der Waals surface area contributed by atoms with Crippen LogP contribution in [0.25, 0.3) is 110 Å². The molecule has 0 fully saturated rings. The molecule has 1 spiro atoms. The lowest BCUT2D eigenvalue weighted by molar-refractivity contribution is 0.670. The van der Waals surface area contributed by atoms with Gasteiger partial charge in [-0.1, -0.05) is 182 Å². The summed E-state index contributed by atoms with van der Waals surface area (Å²) in [6.45, 7) is 0. The van der Waals surface area contributed by atoms with Gasteiger partial charge in [0.2, 0.25) is 0 Å². The highest BCUT2D eigenvalue weighted by Crippen LogP contribution is 2.63. The normalized spacial score (nSPS) is 13.3. The van der Waals surface area contributed by atoms with E-state index in [0.717, 1.165) is 66.1 Å². The largest absolute Gasteiger partial charge is 0.455 e. The molecule has 2 heterocycles. The van der Waals surface area contributed by atoms with Gasteiger partial charge in [-0.2, -0.15) is 0 Å². The minimum atomic E-state index is -0.520. The van der Waals surface area contributed by atoms with E-state index in [9.17, 15) is 0 Å². The zero-order valence-electron chi connectivity index (χ0n) is 33.4. The summed E-state index contributed by atoms with van der Waals surface area (Å²) in [5.74, 6) is 0. The van der Waals surface area contributed by atoms with Crippen LogP contribution in [0.1, 0.15) is 22.3 Å². The number of fused-ring (bicyclic) bond motifs is 19. The molecule has 3 heteroatoms. The van der Waals surface area contributed by atoms with E-state index in [-0.39, 0.29) is 0 Å². The Hall–Kier alpha value is -8.14. The van der Waals surface area contributed by atoms with Crippen LogP contribution in [-0.4, -0.2) is 9.97 Å². The molecule has 0 bridgehead atoms. The summed E-state index contributed by atoms with van der Waals surface area (Å²) >= 11 is 0. The van der Waals surface area contributed by atoms with Gasteiger partial charge in [0, 0.05) is 32.7 Å². The van der Waals surface area contributed by atoms with Crippen molar-refractivity contribution < 1.29 is 4.42 Å². The van der Waals surface area contributed by atoms with Gasteiger partial charge in [0.05, 0.1) is 28.3 Å². The average Bonchev–Trinajstić information content (AvgIpc) is 3.98. The number of nitrogens with zero attached hydrogens (tertiary/aromatic N) is 2. The van der Waals surface area contributed by atoms with Crippen LogP contribution >= 0.6 is 0 Å². The maximum Gasteiger partial charge on any atom is 0.143 e. The molecular formula is C59H34N2O. The van der Waals surface area contributed by atoms with Crippen LogP contribution in [0.4, 0.5) is 0 Å². The lowest BCUT2D eigenvalue weighted by Crippen LogP contribution is -2.26. The fourth-order valence-corrected chi connectivity index (χ4v) is 11.1. The molecule has 0 radical (unpaired) electrons. The third kappa shape index (κ3) is 4.44. The van der Waals surface area contributed by atoms with Crippen molar-refractivity contribution in [2.24, 2.45) is 0 Å². The molecule has 286 valence electrons. The fourth-order valence-electron chi connectivity index (χ4n) is 11.1. The summed E-state index contributed by atoms with van der Waals surface area (Å²) < 4.78 is 6.43. The summed E-state index contributed by atoms with van der Waals surface area (Å²) in [6, 6.07) is 72.9. The van der Waals surface area contributed by atoms with E-state index in [2.05, 4.69) is 188 Å². The van der Waals surface area contributed by atoms with Gasteiger partial charge in [0.1, 0.15) is 11.2 Å². The van der Waals surface area contributed by atoms with E-state index in [4.69, 9.17) is 14.4 Å². The van der Waals surface area contributed by atoms with Crippen LogP contribution in [0.5, 0.6) is 0 Å². The second-order valence-electron chi connectivity index (χ2n) is 16.8. The Kier molecular flexibility index (Phi) is 6.76. The smallest absolute Gasteiger partial charge is 0.143 e. The SMILES string of the molecule is c1ccc2c(c1)-c1ccccc1C21c2cc(-c3ccc(-c4cccc5c4oc4ccccc45)cc3)ccc2-c2ccc(-c3cnc4c5ccccc5c5ccccc5c4n3)cc21. The Balaban J connectivity index is 0.948. The Morgan fingerprint density at radius 3 is 1.55 bits per heavy atom. The Morgan fingerprint density at radius 1 is 0.339 bits per heavy atom. The van der Waals surface area contributed by atoms with E-state index in [1.165, 1.54) is 66.4 Å². The fraction of sp³-hybridized carbons (Fsp3) is 0.0169. The molecule has 14 rings (SSSR count). The first-order valence-electron chi connectivity index (χ1n) is 21.3. The first-order valence-corrected chi connectivity index (χ1v) is 21.3. The van der Waals surface area contributed by atoms with Crippen LogP contribution in [0.15, 0.2) is 211 Å². The molecule has 2 aliphatic carbocycles. The molecule has 12 aromatic rings. The van der Waals surface area contributed by atoms with Gasteiger partial charge in [-0.3, -0.25) is 4.98 Å². The minimum Gasteiger partial charge on any atom is -0.455 e. The van der Waals surface area contributed by atoms with Crippen molar-refractivity contribution in [3.63, 3.8) is 0 Å². The van der Waals surface area contributed by atoms with Gasteiger partial charge >= 0.3 is 0 Å². The van der Waals surface area contributed by atoms with Crippen LogP contribution in [-0.2, 0) is 5.41 Å². The number of para-hydroxylation sites is 2. The van der Waals surface area contributed by atoms with Gasteiger partial charge in [-0.15, -0.1) is 0 Å². The van der Waals surface area contributed by atoms with E-state index in [1.54, 1.807) is 0 Å². The summed E-state index contributed by atoms with van der Waals surface area (Å²) in [6.07, 6.45) is 1.97. The predicted octanol–water partition coefficient (Wildman–Crippen LogP) is 15.2. The molecule has 0 unspecified atom stereocenters. The highest BCUT2D eigenvalue weighted by molar-refractivity contribution is 6.23. The Labute approximate surface area is 357 Å². The lowest BCUT2D eigenvalue weighted by atomic mass is 9.70. The van der Waals surface area contributed by atoms with Gasteiger partial charge in [0.25, 0.3) is 0 Å². The highest BCUT2D eigenvalue weighted by Gasteiger charge is 2.51. The molecule has 2 aromatic heterocycles. The summed E-state index contributed by atoms with van der Waals surface area (Å²) in [4.78, 5) is 10.6. The molecule has 62 heavy (non-hydrogen) atoms. The van der Waals surface area contributed by atoms with E-state index in [0.29, 0.717) is 0 Å². The lowest BCUT2D eigenvalue weighted by Gasteiger charge is -2.31. The predicted molar refractivity (Wildman–Crippen MR) is 254 cm³/mol. The van der Waals surface area contributed by atoms with Crippen LogP contribution in [0.2, 0.25) is 0 Å². The molecular weight excluding hydrogens is 753 g/mol. The maximum absolute atomic E-state index is 6.43. The van der Waals surface area contributed by atoms with Crippen LogP contribution in [0.3, 0.4) is 0 Å². The van der Waals surface area contributed by atoms with Crippen molar-refractivity contribution in [1.29, 1.82) is 0 Å². The number of aromatic nitrogens is 2. The number of hydrogen-bond donors (Lipinski definition) is 0. The quantitative estimate of drug-likeness (QED) is 0.167. The van der Waals surface area contributed by atoms with E-state index < -0.39 is 5.41 Å². The third-order valence-electron chi connectivity index (χ3n) is 13.7. The number of furan rings is 1. The number of hydrogen-bond acceptors (Lipinski definition) is 3. The van der Waals surface area contributed by atoms with Gasteiger partial charge in [-0.25, -0.2) is 4.98 Å². The molecule has 0 saturated carbocycles. The van der Waals surface area contributed by atoms with E-state index >= 15 is 0 Å². The summed E-state index contributed by atoms with van der Waals surface area (Å²) in [7, 11) is 0. The Morgan fingerprint density at radius 2 is 0.839 bits per heavy atom. The van der Waals surface area contributed by atoms with Gasteiger partial charge in [0.15, 0.2) is 0 Å². The van der Waals surface area contributed by atoms with Crippen molar-refractivity contribution in [2.45, 2.75) is 5.41 Å². The van der Waals surface area contributed by atoms with Crippen molar-refractivity contribution in [3.05, 3.63) is 229 Å². The second kappa shape index (κ2) is 12.4. The summed E-state index contributed by atoms with van der Waals surface area (Å²) in [5.41, 5.74) is 20.0. The van der Waals surface area contributed by atoms with Crippen molar-refractivity contribution in [1.82, 2.24) is 9.97 Å². The molecule has 0 N–H and O–H groups in total. The maximum atomic E-state index is 6.43. The zero-order valence-corrected chi connectivity index (χ0v) is 33.4. The zero-order chi connectivity index (χ0) is 40.5.